The van der Waals surface area contributed by atoms with Crippen LogP contribution in [0, 0.1) is 0 Å². The summed E-state index contributed by atoms with van der Waals surface area (Å²) in [6, 6.07) is 0. The van der Waals surface area contributed by atoms with Gasteiger partial charge < -0.3 is 0 Å². The van der Waals surface area contributed by atoms with Crippen molar-refractivity contribution in [3.63, 3.8) is 0 Å². The molecule has 0 aromatic carbocycles. The molecule has 0 atom stereocenters. The second kappa shape index (κ2) is 7.11. The maximum atomic E-state index is 2.25. The van der Waals surface area contributed by atoms with Gasteiger partial charge in [-0.05, 0) is 51.2 Å². The first kappa shape index (κ1) is 13.8. The van der Waals surface area contributed by atoms with E-state index in [9.17, 15) is 0 Å². The first-order valence-corrected chi connectivity index (χ1v) is 6.52. The molecule has 0 heterocycles. The molecule has 0 saturated carbocycles. The highest BCUT2D eigenvalue weighted by molar-refractivity contribution is 5.44. The highest BCUT2D eigenvalue weighted by Crippen LogP contribution is 2.21. The highest BCUT2D eigenvalue weighted by atomic mass is 14.1. The zero-order valence-corrected chi connectivity index (χ0v) is 11.6. The summed E-state index contributed by atoms with van der Waals surface area (Å²) in [5, 5.41) is 0. The fraction of sp³-hybridized carbons (Fsp3) is 0.412. The first-order chi connectivity index (χ1) is 8.15. The van der Waals surface area contributed by atoms with Gasteiger partial charge in [-0.25, -0.2) is 0 Å². The Morgan fingerprint density at radius 1 is 1.35 bits per heavy atom. The van der Waals surface area contributed by atoms with Gasteiger partial charge in [0.05, 0.1) is 0 Å². The molecular weight excluding hydrogens is 204 g/mol. The van der Waals surface area contributed by atoms with Gasteiger partial charge in [0.1, 0.15) is 0 Å². The molecule has 0 saturated heterocycles. The molecule has 0 radical (unpaired) electrons. The molecule has 0 N–H and O–H groups in total. The standard InChI is InChI=1S/C17H24/c1-5-14(2)10-9-13-17-12-8-6-7-11-15(3)16(17)4/h6,8-10,12-13H,5,7,11H2,1-4H3. The fourth-order valence-electron chi connectivity index (χ4n) is 1.74. The van der Waals surface area contributed by atoms with Crippen molar-refractivity contribution in [1.82, 2.24) is 0 Å². The molecule has 0 aromatic rings. The number of allylic oxidation sites excluding steroid dienone is 10. The number of rotatable bonds is 3. The van der Waals surface area contributed by atoms with E-state index in [0.29, 0.717) is 0 Å². The predicted octanol–water partition coefficient (Wildman–Crippen LogP) is 5.51. The average molecular weight is 228 g/mol. The summed E-state index contributed by atoms with van der Waals surface area (Å²) in [4.78, 5) is 0. The minimum atomic E-state index is 1.12. The Labute approximate surface area is 106 Å². The summed E-state index contributed by atoms with van der Waals surface area (Å²) in [7, 11) is 0. The van der Waals surface area contributed by atoms with Crippen LogP contribution in [0.2, 0.25) is 0 Å². The molecule has 0 aliphatic heterocycles. The van der Waals surface area contributed by atoms with E-state index in [1.807, 2.05) is 0 Å². The predicted molar refractivity (Wildman–Crippen MR) is 78.0 cm³/mol. The van der Waals surface area contributed by atoms with Crippen molar-refractivity contribution in [3.8, 4) is 0 Å². The second-order valence-corrected chi connectivity index (χ2v) is 4.72. The summed E-state index contributed by atoms with van der Waals surface area (Å²) < 4.78 is 0. The van der Waals surface area contributed by atoms with Gasteiger partial charge in [0.15, 0.2) is 0 Å². The van der Waals surface area contributed by atoms with Crippen LogP contribution in [0.5, 0.6) is 0 Å². The van der Waals surface area contributed by atoms with Gasteiger partial charge in [0.2, 0.25) is 0 Å². The summed E-state index contributed by atoms with van der Waals surface area (Å²) in [5.41, 5.74) is 5.68. The van der Waals surface area contributed by atoms with E-state index in [-0.39, 0.29) is 0 Å². The monoisotopic (exact) mass is 228 g/mol. The van der Waals surface area contributed by atoms with Crippen molar-refractivity contribution in [2.24, 2.45) is 0 Å². The summed E-state index contributed by atoms with van der Waals surface area (Å²) >= 11 is 0. The molecule has 0 heteroatoms. The van der Waals surface area contributed by atoms with Crippen molar-refractivity contribution >= 4 is 0 Å². The molecule has 0 bridgehead atoms. The second-order valence-electron chi connectivity index (χ2n) is 4.72. The maximum Gasteiger partial charge on any atom is -0.0228 e. The lowest BCUT2D eigenvalue weighted by molar-refractivity contribution is 0.954. The Morgan fingerprint density at radius 2 is 2.12 bits per heavy atom. The molecule has 1 aliphatic carbocycles. The van der Waals surface area contributed by atoms with Crippen LogP contribution < -0.4 is 0 Å². The topological polar surface area (TPSA) is 0 Å². The Bertz CT molecular complexity index is 398. The summed E-state index contributed by atoms with van der Waals surface area (Å²) in [6.07, 6.45) is 16.7. The average Bonchev–Trinajstić information content (AvgIpc) is 2.33. The maximum absolute atomic E-state index is 2.25. The molecule has 92 valence electrons. The lowest BCUT2D eigenvalue weighted by atomic mass is 9.96. The molecule has 0 aromatic heterocycles. The van der Waals surface area contributed by atoms with Gasteiger partial charge >= 0.3 is 0 Å². The first-order valence-electron chi connectivity index (χ1n) is 6.52. The Morgan fingerprint density at radius 3 is 2.82 bits per heavy atom. The van der Waals surface area contributed by atoms with E-state index in [4.69, 9.17) is 0 Å². The molecule has 17 heavy (non-hydrogen) atoms. The van der Waals surface area contributed by atoms with E-state index >= 15 is 0 Å². The molecule has 0 amide bonds. The normalized spacial score (nSPS) is 18.4. The third kappa shape index (κ3) is 4.60. The van der Waals surface area contributed by atoms with Gasteiger partial charge in [-0.2, -0.15) is 0 Å². The van der Waals surface area contributed by atoms with E-state index in [2.05, 4.69) is 64.2 Å². The van der Waals surface area contributed by atoms with Crippen LogP contribution in [0.1, 0.15) is 47.0 Å². The SMILES string of the molecule is CCC(C)=CC=CC1=CC=CCCC(C)=C1C. The third-order valence-electron chi connectivity index (χ3n) is 3.39. The van der Waals surface area contributed by atoms with Gasteiger partial charge in [-0.1, -0.05) is 54.5 Å². The quantitative estimate of drug-likeness (QED) is 0.558. The van der Waals surface area contributed by atoms with Gasteiger partial charge in [-0.3, -0.25) is 0 Å². The lowest BCUT2D eigenvalue weighted by Crippen LogP contribution is -1.90. The van der Waals surface area contributed by atoms with Crippen LogP contribution in [0.4, 0.5) is 0 Å². The summed E-state index contributed by atoms with van der Waals surface area (Å²) in [5.74, 6) is 0. The molecule has 0 fully saturated rings. The smallest absolute Gasteiger partial charge is 0.0228 e. The van der Waals surface area contributed by atoms with Gasteiger partial charge in [0, 0.05) is 0 Å². The third-order valence-corrected chi connectivity index (χ3v) is 3.39. The van der Waals surface area contributed by atoms with E-state index in [0.717, 1.165) is 12.8 Å². The van der Waals surface area contributed by atoms with Crippen molar-refractivity contribution in [2.75, 3.05) is 0 Å². The minimum absolute atomic E-state index is 1.12. The Kier molecular flexibility index (Phi) is 5.76. The molecular formula is C17H24. The lowest BCUT2D eigenvalue weighted by Gasteiger charge is -2.10. The van der Waals surface area contributed by atoms with Crippen LogP contribution in [-0.4, -0.2) is 0 Å². The van der Waals surface area contributed by atoms with Crippen LogP contribution in [0.3, 0.4) is 0 Å². The molecule has 1 rings (SSSR count). The van der Waals surface area contributed by atoms with Gasteiger partial charge in [0.25, 0.3) is 0 Å². The zero-order valence-electron chi connectivity index (χ0n) is 11.6. The minimum Gasteiger partial charge on any atom is -0.0842 e. The van der Waals surface area contributed by atoms with Crippen molar-refractivity contribution in [2.45, 2.75) is 47.0 Å². The highest BCUT2D eigenvalue weighted by Gasteiger charge is 2.01. The molecule has 0 nitrogen and oxygen atoms in total. The Balaban J connectivity index is 2.90. The summed E-state index contributed by atoms with van der Waals surface area (Å²) in [6.45, 7) is 8.82. The van der Waals surface area contributed by atoms with E-state index in [1.54, 1.807) is 0 Å². The molecule has 0 spiro atoms. The molecule has 0 unspecified atom stereocenters. The van der Waals surface area contributed by atoms with Gasteiger partial charge in [-0.15, -0.1) is 0 Å². The number of hydrogen-bond donors (Lipinski definition) is 0. The van der Waals surface area contributed by atoms with Crippen molar-refractivity contribution in [1.29, 1.82) is 0 Å². The number of hydrogen-bond acceptors (Lipinski definition) is 0. The van der Waals surface area contributed by atoms with Crippen molar-refractivity contribution in [3.05, 3.63) is 58.7 Å². The Hall–Kier alpha value is -1.30. The van der Waals surface area contributed by atoms with Crippen LogP contribution in [0.15, 0.2) is 58.7 Å². The van der Waals surface area contributed by atoms with E-state index < -0.39 is 0 Å². The fourth-order valence-corrected chi connectivity index (χ4v) is 1.74. The largest absolute Gasteiger partial charge is 0.0842 e. The van der Waals surface area contributed by atoms with Crippen molar-refractivity contribution < 1.29 is 0 Å². The van der Waals surface area contributed by atoms with Crippen LogP contribution in [-0.2, 0) is 0 Å². The van der Waals surface area contributed by atoms with E-state index in [1.165, 1.54) is 28.7 Å². The molecule has 1 aliphatic rings. The zero-order chi connectivity index (χ0) is 12.7. The van der Waals surface area contributed by atoms with Crippen LogP contribution in [0.25, 0.3) is 0 Å². The van der Waals surface area contributed by atoms with Crippen LogP contribution >= 0.6 is 0 Å².